The number of aliphatic hydroxyl groups is 1. The van der Waals surface area contributed by atoms with Crippen LogP contribution in [-0.4, -0.2) is 32.2 Å². The molecule has 2 rings (SSSR count). The maximum Gasteiger partial charge on any atom is 0.143 e. The van der Waals surface area contributed by atoms with Gasteiger partial charge in [-0.05, 0) is 31.4 Å². The molecule has 1 aliphatic carbocycles. The predicted octanol–water partition coefficient (Wildman–Crippen LogP) is 1.78. The lowest BCUT2D eigenvalue weighted by atomic mass is 10.2. The number of thioether (sulfide) groups is 1. The zero-order chi connectivity index (χ0) is 11.5. The zero-order valence-electron chi connectivity index (χ0n) is 9.89. The van der Waals surface area contributed by atoms with Gasteiger partial charge in [0.05, 0.1) is 5.75 Å². The van der Waals surface area contributed by atoms with Crippen LogP contribution in [0.2, 0.25) is 0 Å². The fourth-order valence-corrected chi connectivity index (χ4v) is 2.73. The van der Waals surface area contributed by atoms with Gasteiger partial charge in [-0.1, -0.05) is 6.92 Å². The van der Waals surface area contributed by atoms with Gasteiger partial charge in [0.1, 0.15) is 11.6 Å². The molecule has 1 aliphatic rings. The Bertz CT molecular complexity index is 349. The van der Waals surface area contributed by atoms with E-state index in [-0.39, 0.29) is 6.61 Å². The molecule has 4 nitrogen and oxygen atoms in total. The second-order valence-corrected chi connectivity index (χ2v) is 5.60. The molecule has 16 heavy (non-hydrogen) atoms. The Morgan fingerprint density at radius 2 is 2.25 bits per heavy atom. The average molecular weight is 241 g/mol. The van der Waals surface area contributed by atoms with Crippen LogP contribution in [-0.2, 0) is 5.75 Å². The van der Waals surface area contributed by atoms with Gasteiger partial charge in [-0.15, -0.1) is 10.2 Å². The van der Waals surface area contributed by atoms with Crippen LogP contribution in [0.4, 0.5) is 0 Å². The highest BCUT2D eigenvalue weighted by atomic mass is 32.2. The minimum absolute atomic E-state index is 0.265. The average Bonchev–Trinajstić information content (AvgIpc) is 3.04. The molecule has 0 saturated heterocycles. The van der Waals surface area contributed by atoms with Crippen LogP contribution >= 0.6 is 11.8 Å². The summed E-state index contributed by atoms with van der Waals surface area (Å²) in [5.74, 6) is 4.38. The first-order chi connectivity index (χ1) is 7.72. The van der Waals surface area contributed by atoms with Gasteiger partial charge >= 0.3 is 0 Å². The maximum absolute atomic E-state index is 8.94. The molecule has 1 N–H and O–H groups in total. The highest BCUT2D eigenvalue weighted by molar-refractivity contribution is 7.98. The molecule has 1 saturated carbocycles. The fourth-order valence-electron chi connectivity index (χ4n) is 1.72. The molecule has 0 amide bonds. The SMILES string of the molecule is Cc1nnc(CSCC(C)CO)n1C1CC1. The van der Waals surface area contributed by atoms with E-state index in [4.69, 9.17) is 5.11 Å². The van der Waals surface area contributed by atoms with Crippen molar-refractivity contribution in [3.8, 4) is 0 Å². The van der Waals surface area contributed by atoms with Gasteiger partial charge < -0.3 is 9.67 Å². The Hall–Kier alpha value is -0.550. The molecule has 0 aliphatic heterocycles. The van der Waals surface area contributed by atoms with E-state index >= 15 is 0 Å². The van der Waals surface area contributed by atoms with Gasteiger partial charge in [-0.3, -0.25) is 0 Å². The Kier molecular flexibility index (Phi) is 3.86. The molecule has 1 aromatic heterocycles. The molecule has 1 aromatic rings. The minimum Gasteiger partial charge on any atom is -0.396 e. The van der Waals surface area contributed by atoms with E-state index < -0.39 is 0 Å². The van der Waals surface area contributed by atoms with Crippen molar-refractivity contribution in [1.29, 1.82) is 0 Å². The normalized spacial score (nSPS) is 17.7. The van der Waals surface area contributed by atoms with E-state index in [1.54, 1.807) is 0 Å². The van der Waals surface area contributed by atoms with E-state index in [1.165, 1.54) is 12.8 Å². The maximum atomic E-state index is 8.94. The number of aryl methyl sites for hydroxylation is 1. The molecule has 0 spiro atoms. The van der Waals surface area contributed by atoms with Crippen LogP contribution in [0.25, 0.3) is 0 Å². The molecule has 5 heteroatoms. The van der Waals surface area contributed by atoms with E-state index in [0.29, 0.717) is 12.0 Å². The van der Waals surface area contributed by atoms with E-state index in [0.717, 1.165) is 23.2 Å². The van der Waals surface area contributed by atoms with Crippen LogP contribution in [0.1, 0.15) is 37.5 Å². The number of nitrogens with zero attached hydrogens (tertiary/aromatic N) is 3. The van der Waals surface area contributed by atoms with Crippen molar-refractivity contribution in [3.63, 3.8) is 0 Å². The summed E-state index contributed by atoms with van der Waals surface area (Å²) in [6.45, 7) is 4.35. The molecule has 0 radical (unpaired) electrons. The van der Waals surface area contributed by atoms with Crippen molar-refractivity contribution in [3.05, 3.63) is 11.6 Å². The lowest BCUT2D eigenvalue weighted by Gasteiger charge is -2.08. The van der Waals surface area contributed by atoms with Crippen molar-refractivity contribution in [1.82, 2.24) is 14.8 Å². The third-order valence-corrected chi connectivity index (χ3v) is 4.06. The minimum atomic E-state index is 0.265. The monoisotopic (exact) mass is 241 g/mol. The van der Waals surface area contributed by atoms with Crippen molar-refractivity contribution in [2.75, 3.05) is 12.4 Å². The van der Waals surface area contributed by atoms with Gasteiger partial charge in [0.15, 0.2) is 0 Å². The molecular formula is C11H19N3OS. The summed E-state index contributed by atoms with van der Waals surface area (Å²) in [6, 6.07) is 0.654. The second-order valence-electron chi connectivity index (χ2n) is 4.57. The summed E-state index contributed by atoms with van der Waals surface area (Å²) in [5, 5.41) is 17.3. The molecule has 1 fully saturated rings. The van der Waals surface area contributed by atoms with Crippen LogP contribution < -0.4 is 0 Å². The number of hydrogen-bond donors (Lipinski definition) is 1. The summed E-state index contributed by atoms with van der Waals surface area (Å²) in [4.78, 5) is 0. The standard InChI is InChI=1S/C11H19N3OS/c1-8(5-15)6-16-7-11-13-12-9(2)14(11)10-3-4-10/h8,10,15H,3-7H2,1-2H3. The third-order valence-electron chi connectivity index (χ3n) is 2.79. The summed E-state index contributed by atoms with van der Waals surface area (Å²) in [7, 11) is 0. The van der Waals surface area contributed by atoms with Gasteiger partial charge in [0, 0.05) is 12.6 Å². The van der Waals surface area contributed by atoms with Crippen LogP contribution in [0, 0.1) is 12.8 Å². The molecule has 1 atom stereocenters. The van der Waals surface area contributed by atoms with Crippen LogP contribution in [0.5, 0.6) is 0 Å². The summed E-state index contributed by atoms with van der Waals surface area (Å²) < 4.78 is 2.27. The lowest BCUT2D eigenvalue weighted by Crippen LogP contribution is -2.06. The molecule has 1 heterocycles. The predicted molar refractivity (Wildman–Crippen MR) is 65.4 cm³/mol. The fraction of sp³-hybridized carbons (Fsp3) is 0.818. The van der Waals surface area contributed by atoms with E-state index in [1.807, 2.05) is 18.7 Å². The van der Waals surface area contributed by atoms with Crippen molar-refractivity contribution in [2.45, 2.75) is 38.5 Å². The second kappa shape index (κ2) is 5.19. The van der Waals surface area contributed by atoms with Crippen LogP contribution in [0.3, 0.4) is 0 Å². The van der Waals surface area contributed by atoms with Gasteiger partial charge in [-0.2, -0.15) is 11.8 Å². The van der Waals surface area contributed by atoms with Crippen molar-refractivity contribution in [2.24, 2.45) is 5.92 Å². The summed E-state index contributed by atoms with van der Waals surface area (Å²) >= 11 is 1.83. The van der Waals surface area contributed by atoms with Crippen molar-refractivity contribution >= 4 is 11.8 Å². The molecule has 90 valence electrons. The van der Waals surface area contributed by atoms with Crippen molar-refractivity contribution < 1.29 is 5.11 Å². The number of hydrogen-bond acceptors (Lipinski definition) is 4. The first-order valence-corrected chi connectivity index (χ1v) is 6.96. The number of aromatic nitrogens is 3. The summed E-state index contributed by atoms with van der Waals surface area (Å²) in [6.07, 6.45) is 2.53. The topological polar surface area (TPSA) is 50.9 Å². The van der Waals surface area contributed by atoms with Gasteiger partial charge in [0.2, 0.25) is 0 Å². The van der Waals surface area contributed by atoms with Gasteiger partial charge in [0.25, 0.3) is 0 Å². The van der Waals surface area contributed by atoms with Crippen LogP contribution in [0.15, 0.2) is 0 Å². The first-order valence-electron chi connectivity index (χ1n) is 5.81. The summed E-state index contributed by atoms with van der Waals surface area (Å²) in [5.41, 5.74) is 0. The Morgan fingerprint density at radius 1 is 1.50 bits per heavy atom. The molecule has 0 bridgehead atoms. The lowest BCUT2D eigenvalue weighted by molar-refractivity contribution is 0.250. The molecular weight excluding hydrogens is 222 g/mol. The van der Waals surface area contributed by atoms with E-state index in [2.05, 4.69) is 21.7 Å². The molecule has 1 unspecified atom stereocenters. The Labute approximate surface area is 100 Å². The number of rotatable bonds is 6. The number of aliphatic hydroxyl groups excluding tert-OH is 1. The highest BCUT2D eigenvalue weighted by Gasteiger charge is 2.27. The van der Waals surface area contributed by atoms with E-state index in [9.17, 15) is 0 Å². The Balaban J connectivity index is 1.89. The third kappa shape index (κ3) is 2.77. The highest BCUT2D eigenvalue weighted by Crippen LogP contribution is 2.37. The zero-order valence-corrected chi connectivity index (χ0v) is 10.7. The van der Waals surface area contributed by atoms with Gasteiger partial charge in [-0.25, -0.2) is 0 Å². The quantitative estimate of drug-likeness (QED) is 0.825. The smallest absolute Gasteiger partial charge is 0.143 e. The Morgan fingerprint density at radius 3 is 2.88 bits per heavy atom. The first kappa shape index (κ1) is 11.9. The molecule has 0 aromatic carbocycles. The largest absolute Gasteiger partial charge is 0.396 e.